The van der Waals surface area contributed by atoms with Crippen molar-refractivity contribution in [1.29, 1.82) is 0 Å². The van der Waals surface area contributed by atoms with Crippen molar-refractivity contribution in [3.05, 3.63) is 33.9 Å². The first-order valence-corrected chi connectivity index (χ1v) is 6.66. The molecule has 0 radical (unpaired) electrons. The quantitative estimate of drug-likeness (QED) is 0.890. The number of Topliss-reactive ketones (excluding diaryl/α,β-unsaturated/α-hetero) is 1. The number of carbonyl (C=O) groups excluding carboxylic acids is 1. The third-order valence-corrected chi connectivity index (χ3v) is 4.13. The lowest BCUT2D eigenvalue weighted by Crippen LogP contribution is -2.18. The molecule has 0 aliphatic heterocycles. The Morgan fingerprint density at radius 2 is 2.00 bits per heavy atom. The molecule has 0 fully saturated rings. The fourth-order valence-corrected chi connectivity index (χ4v) is 3.03. The number of benzene rings is 1. The van der Waals surface area contributed by atoms with Crippen LogP contribution in [0.2, 0.25) is 0 Å². The molecule has 1 aliphatic rings. The van der Waals surface area contributed by atoms with Gasteiger partial charge >= 0.3 is 0 Å². The first kappa shape index (κ1) is 13.3. The van der Waals surface area contributed by atoms with Crippen molar-refractivity contribution >= 4 is 5.78 Å². The van der Waals surface area contributed by atoms with E-state index in [4.69, 9.17) is 5.11 Å². The molecule has 0 bridgehead atoms. The van der Waals surface area contributed by atoms with Gasteiger partial charge in [-0.3, -0.25) is 4.79 Å². The summed E-state index contributed by atoms with van der Waals surface area (Å²) < 4.78 is 0. The number of rotatable bonds is 3. The van der Waals surface area contributed by atoms with Gasteiger partial charge in [0.2, 0.25) is 0 Å². The van der Waals surface area contributed by atoms with Crippen LogP contribution < -0.4 is 0 Å². The number of aliphatic hydroxyl groups is 1. The topological polar surface area (TPSA) is 37.3 Å². The molecule has 0 atom stereocenters. The summed E-state index contributed by atoms with van der Waals surface area (Å²) in [7, 11) is 0. The van der Waals surface area contributed by atoms with Crippen LogP contribution in [0, 0.1) is 19.3 Å². The van der Waals surface area contributed by atoms with Crippen molar-refractivity contribution in [2.45, 2.75) is 47.0 Å². The lowest BCUT2D eigenvalue weighted by Gasteiger charge is -2.14. The number of hydrogen-bond acceptors (Lipinski definition) is 2. The largest absolute Gasteiger partial charge is 0.396 e. The highest BCUT2D eigenvalue weighted by Gasteiger charge is 2.38. The third-order valence-electron chi connectivity index (χ3n) is 4.13. The Hall–Kier alpha value is -1.15. The van der Waals surface area contributed by atoms with E-state index in [1.165, 1.54) is 22.3 Å². The molecule has 0 saturated carbocycles. The zero-order valence-electron chi connectivity index (χ0n) is 11.8. The lowest BCUT2D eigenvalue weighted by molar-refractivity contribution is 0.0863. The molecule has 2 rings (SSSR count). The molecule has 18 heavy (non-hydrogen) atoms. The van der Waals surface area contributed by atoms with Crippen LogP contribution in [0.25, 0.3) is 0 Å². The SMILES string of the molecule is Cc1cc2c(c(C)c1CCCO)CC(C)(C)C2=O. The second-order valence-corrected chi connectivity index (χ2v) is 6.04. The van der Waals surface area contributed by atoms with Gasteiger partial charge in [0.25, 0.3) is 0 Å². The Morgan fingerprint density at radius 3 is 2.61 bits per heavy atom. The zero-order valence-corrected chi connectivity index (χ0v) is 11.8. The monoisotopic (exact) mass is 246 g/mol. The fraction of sp³-hybridized carbons (Fsp3) is 0.562. The van der Waals surface area contributed by atoms with E-state index in [0.29, 0.717) is 0 Å². The molecular weight excluding hydrogens is 224 g/mol. The van der Waals surface area contributed by atoms with Crippen LogP contribution in [0.5, 0.6) is 0 Å². The van der Waals surface area contributed by atoms with Gasteiger partial charge in [0.15, 0.2) is 5.78 Å². The van der Waals surface area contributed by atoms with Gasteiger partial charge in [-0.1, -0.05) is 13.8 Å². The predicted octanol–water partition coefficient (Wildman–Crippen LogP) is 2.99. The zero-order chi connectivity index (χ0) is 13.5. The van der Waals surface area contributed by atoms with E-state index in [-0.39, 0.29) is 17.8 Å². The Morgan fingerprint density at radius 1 is 1.33 bits per heavy atom. The highest BCUT2D eigenvalue weighted by Crippen LogP contribution is 2.39. The van der Waals surface area contributed by atoms with Crippen molar-refractivity contribution in [1.82, 2.24) is 0 Å². The summed E-state index contributed by atoms with van der Waals surface area (Å²) in [6.45, 7) is 8.46. The standard InChI is InChI=1S/C16H22O2/c1-10-8-13-14(9-16(3,4)15(13)18)11(2)12(10)6-5-7-17/h8,17H,5-7,9H2,1-4H3. The first-order valence-electron chi connectivity index (χ1n) is 6.66. The van der Waals surface area contributed by atoms with Crippen molar-refractivity contribution in [3.63, 3.8) is 0 Å². The van der Waals surface area contributed by atoms with Crippen LogP contribution in [-0.4, -0.2) is 17.5 Å². The number of carbonyl (C=O) groups is 1. The molecular formula is C16H22O2. The van der Waals surface area contributed by atoms with Crippen molar-refractivity contribution < 1.29 is 9.90 Å². The van der Waals surface area contributed by atoms with Crippen molar-refractivity contribution in [2.75, 3.05) is 6.61 Å². The summed E-state index contributed by atoms with van der Waals surface area (Å²) in [5.41, 5.74) is 5.65. The summed E-state index contributed by atoms with van der Waals surface area (Å²) in [5.74, 6) is 0.275. The van der Waals surface area contributed by atoms with Gasteiger partial charge < -0.3 is 5.11 Å². The van der Waals surface area contributed by atoms with E-state index >= 15 is 0 Å². The molecule has 0 amide bonds. The van der Waals surface area contributed by atoms with E-state index in [1.54, 1.807) is 0 Å². The molecule has 1 aromatic carbocycles. The Balaban J connectivity index is 2.50. The van der Waals surface area contributed by atoms with Crippen LogP contribution in [0.15, 0.2) is 6.07 Å². The highest BCUT2D eigenvalue weighted by molar-refractivity contribution is 6.05. The van der Waals surface area contributed by atoms with Gasteiger partial charge in [0.1, 0.15) is 0 Å². The van der Waals surface area contributed by atoms with Gasteiger partial charge in [-0.2, -0.15) is 0 Å². The maximum Gasteiger partial charge on any atom is 0.169 e. The third kappa shape index (κ3) is 1.99. The van der Waals surface area contributed by atoms with Crippen LogP contribution in [0.3, 0.4) is 0 Å². The molecule has 0 saturated heterocycles. The molecule has 0 aromatic heterocycles. The van der Waals surface area contributed by atoms with E-state index in [1.807, 2.05) is 19.9 Å². The second kappa shape index (κ2) is 4.51. The molecule has 2 nitrogen and oxygen atoms in total. The lowest BCUT2D eigenvalue weighted by atomic mass is 9.88. The molecule has 0 heterocycles. The number of fused-ring (bicyclic) bond motifs is 1. The normalized spacial score (nSPS) is 17.1. The van der Waals surface area contributed by atoms with E-state index < -0.39 is 0 Å². The first-order chi connectivity index (χ1) is 8.38. The van der Waals surface area contributed by atoms with Crippen LogP contribution in [0.4, 0.5) is 0 Å². The molecule has 0 unspecified atom stereocenters. The maximum atomic E-state index is 12.3. The summed E-state index contributed by atoms with van der Waals surface area (Å²) in [6.07, 6.45) is 2.53. The summed E-state index contributed by atoms with van der Waals surface area (Å²) >= 11 is 0. The van der Waals surface area contributed by atoms with Crippen LogP contribution in [-0.2, 0) is 12.8 Å². The average molecular weight is 246 g/mol. The van der Waals surface area contributed by atoms with Crippen molar-refractivity contribution in [2.24, 2.45) is 5.41 Å². The van der Waals surface area contributed by atoms with Crippen molar-refractivity contribution in [3.8, 4) is 0 Å². The minimum Gasteiger partial charge on any atom is -0.396 e. The molecule has 2 heteroatoms. The molecule has 1 aromatic rings. The smallest absolute Gasteiger partial charge is 0.169 e. The minimum absolute atomic E-state index is 0.223. The maximum absolute atomic E-state index is 12.3. The Kier molecular flexibility index (Phi) is 3.33. The summed E-state index contributed by atoms with van der Waals surface area (Å²) in [5, 5.41) is 8.97. The highest BCUT2D eigenvalue weighted by atomic mass is 16.2. The number of aryl methyl sites for hydroxylation is 1. The van der Waals surface area contributed by atoms with Crippen LogP contribution >= 0.6 is 0 Å². The number of hydrogen-bond donors (Lipinski definition) is 1. The molecule has 1 N–H and O–H groups in total. The Labute approximate surface area is 109 Å². The van der Waals surface area contributed by atoms with E-state index in [9.17, 15) is 4.79 Å². The van der Waals surface area contributed by atoms with Gasteiger partial charge in [-0.15, -0.1) is 0 Å². The minimum atomic E-state index is -0.255. The van der Waals surface area contributed by atoms with E-state index in [0.717, 1.165) is 24.8 Å². The summed E-state index contributed by atoms with van der Waals surface area (Å²) in [4.78, 5) is 12.3. The van der Waals surface area contributed by atoms with Crippen LogP contribution in [0.1, 0.15) is 52.9 Å². The molecule has 0 spiro atoms. The van der Waals surface area contributed by atoms with Gasteiger partial charge in [-0.05, 0) is 61.4 Å². The molecule has 98 valence electrons. The number of ketones is 1. The molecule has 1 aliphatic carbocycles. The number of aliphatic hydroxyl groups excluding tert-OH is 1. The van der Waals surface area contributed by atoms with Gasteiger partial charge in [-0.25, -0.2) is 0 Å². The predicted molar refractivity (Wildman–Crippen MR) is 73.1 cm³/mol. The second-order valence-electron chi connectivity index (χ2n) is 6.04. The summed E-state index contributed by atoms with van der Waals surface area (Å²) in [6, 6.07) is 2.05. The average Bonchev–Trinajstić information content (AvgIpc) is 2.52. The fourth-order valence-electron chi connectivity index (χ4n) is 3.03. The Bertz CT molecular complexity index is 498. The van der Waals surface area contributed by atoms with Gasteiger partial charge in [0.05, 0.1) is 0 Å². The van der Waals surface area contributed by atoms with E-state index in [2.05, 4.69) is 13.8 Å². The van der Waals surface area contributed by atoms with Gasteiger partial charge in [0, 0.05) is 17.6 Å².